The summed E-state index contributed by atoms with van der Waals surface area (Å²) < 4.78 is 66.6. The fourth-order valence-electron chi connectivity index (χ4n) is 5.47. The number of thiol groups is 1. The highest BCUT2D eigenvalue weighted by Gasteiger charge is 2.53. The summed E-state index contributed by atoms with van der Waals surface area (Å²) >= 11 is 9.31. The van der Waals surface area contributed by atoms with Crippen molar-refractivity contribution in [1.29, 1.82) is 0 Å². The van der Waals surface area contributed by atoms with Crippen molar-refractivity contribution in [3.8, 4) is 0 Å². The van der Waals surface area contributed by atoms with Crippen LogP contribution in [0.4, 0.5) is 16.0 Å². The van der Waals surface area contributed by atoms with Crippen LogP contribution < -0.4 is 11.5 Å². The van der Waals surface area contributed by atoms with E-state index in [1.807, 2.05) is 0 Å². The van der Waals surface area contributed by atoms with Gasteiger partial charge in [0.15, 0.2) is 18.6 Å². The number of aliphatic hydroxyl groups excluding tert-OH is 1. The van der Waals surface area contributed by atoms with Crippen molar-refractivity contribution >= 4 is 71.3 Å². The van der Waals surface area contributed by atoms with E-state index in [0.717, 1.165) is 0 Å². The molecule has 3 aliphatic rings. The van der Waals surface area contributed by atoms with Crippen LogP contribution in [0.1, 0.15) is 12.5 Å². The zero-order valence-electron chi connectivity index (χ0n) is 22.2. The normalized spacial score (nSPS) is 38.3. The van der Waals surface area contributed by atoms with Crippen molar-refractivity contribution in [2.24, 2.45) is 0 Å². The quantitative estimate of drug-likeness (QED) is 0.149. The summed E-state index contributed by atoms with van der Waals surface area (Å²) in [5.41, 5.74) is 12.5. The largest absolute Gasteiger partial charge is 0.387 e. The number of nitrogens with zero attached hydrogens (tertiary/aromatic N) is 6. The van der Waals surface area contributed by atoms with Gasteiger partial charge in [0.2, 0.25) is 0 Å². The summed E-state index contributed by atoms with van der Waals surface area (Å²) in [6.07, 6.45) is -5.73. The van der Waals surface area contributed by atoms with E-state index in [-0.39, 0.29) is 17.3 Å². The Balaban J connectivity index is 1.20. The highest BCUT2D eigenvalue weighted by molar-refractivity contribution is 8.44. The minimum absolute atomic E-state index is 0.178. The molecule has 0 aliphatic carbocycles. The van der Waals surface area contributed by atoms with Crippen LogP contribution in [0.25, 0.3) is 22.1 Å². The van der Waals surface area contributed by atoms with Gasteiger partial charge in [0.25, 0.3) is 0 Å². The third-order valence-corrected chi connectivity index (χ3v) is 10.7. The monoisotopic (exact) mass is 690 g/mol. The topological polar surface area (TPSA) is 226 Å². The number of nitrogen functional groups attached to an aromatic ring is 2. The van der Waals surface area contributed by atoms with Gasteiger partial charge in [0, 0.05) is 12.4 Å². The number of rotatable bonds is 2. The molecule has 44 heavy (non-hydrogen) atoms. The highest BCUT2D eigenvalue weighted by Crippen LogP contribution is 2.58. The first-order chi connectivity index (χ1) is 20.9. The second-order valence-electron chi connectivity index (χ2n) is 10.2. The molecule has 0 radical (unpaired) electrons. The zero-order valence-corrected chi connectivity index (χ0v) is 25.7. The van der Waals surface area contributed by atoms with E-state index < -0.39 is 75.9 Å². The van der Waals surface area contributed by atoms with Crippen molar-refractivity contribution in [3.05, 3.63) is 37.2 Å². The first kappa shape index (κ1) is 30.3. The van der Waals surface area contributed by atoms with E-state index in [2.05, 4.69) is 32.2 Å². The Bertz CT molecular complexity index is 1830. The average molecular weight is 691 g/mol. The van der Waals surface area contributed by atoms with Gasteiger partial charge in [-0.1, -0.05) is 12.2 Å². The highest BCUT2D eigenvalue weighted by atomic mass is 32.7. The third kappa shape index (κ3) is 5.32. The van der Waals surface area contributed by atoms with Crippen LogP contribution in [0.5, 0.6) is 0 Å². The van der Waals surface area contributed by atoms with E-state index in [0.29, 0.717) is 16.4 Å². The number of aromatic nitrogens is 6. The second kappa shape index (κ2) is 11.2. The lowest BCUT2D eigenvalue weighted by Gasteiger charge is -2.27. The number of fused-ring (bicyclic) bond motifs is 5. The number of nitrogens with two attached hydrogens (primary N) is 2. The van der Waals surface area contributed by atoms with Gasteiger partial charge in [-0.25, -0.2) is 28.9 Å². The molecule has 2 unspecified atom stereocenters. The number of aliphatic hydroxyl groups is 1. The predicted octanol–water partition coefficient (Wildman–Crippen LogP) is 1.61. The van der Waals surface area contributed by atoms with E-state index in [1.54, 1.807) is 18.3 Å². The van der Waals surface area contributed by atoms with Gasteiger partial charge in [-0.05, 0) is 23.9 Å². The van der Waals surface area contributed by atoms with Gasteiger partial charge in [-0.3, -0.25) is 13.6 Å². The zero-order chi connectivity index (χ0) is 31.0. The van der Waals surface area contributed by atoms with Crippen molar-refractivity contribution < 1.29 is 46.5 Å². The minimum atomic E-state index is -4.33. The van der Waals surface area contributed by atoms with Crippen LogP contribution in [0.15, 0.2) is 37.2 Å². The lowest BCUT2D eigenvalue weighted by atomic mass is 10.1. The van der Waals surface area contributed by atoms with Crippen LogP contribution in [-0.2, 0) is 43.9 Å². The lowest BCUT2D eigenvalue weighted by molar-refractivity contribution is -0.0585. The molecule has 4 aromatic rings. The molecule has 0 amide bonds. The average Bonchev–Trinajstić information content (AvgIpc) is 3.73. The van der Waals surface area contributed by atoms with Crippen molar-refractivity contribution in [3.63, 3.8) is 0 Å². The molecule has 22 heteroatoms. The molecule has 7 heterocycles. The molecule has 0 aromatic carbocycles. The molecule has 4 aromatic heterocycles. The van der Waals surface area contributed by atoms with E-state index in [1.165, 1.54) is 28.0 Å². The SMILES string of the molecule is Nc1ncnc2c1ccn2[C@@H]1O[C@@H]2COP(O)(=S)O[C@@H]3[C@H](O)[C@@H](COP(=O)(S)O[C@H]2[C@H]1F)O[C@H]3n1ccc2c(N)ncnc21. The molecule has 0 saturated carbocycles. The molecule has 10 atom stereocenters. The Morgan fingerprint density at radius 2 is 1.48 bits per heavy atom. The number of hydrogen-bond acceptors (Lipinski definition) is 15. The molecular weight excluding hydrogens is 665 g/mol. The van der Waals surface area contributed by atoms with Crippen LogP contribution in [-0.4, -0.2) is 89.0 Å². The maximum absolute atomic E-state index is 16.0. The van der Waals surface area contributed by atoms with E-state index >= 15 is 4.39 Å². The summed E-state index contributed by atoms with van der Waals surface area (Å²) in [7, 11) is 0. The Morgan fingerprint density at radius 3 is 2.11 bits per heavy atom. The molecule has 3 saturated heterocycles. The Morgan fingerprint density at radius 1 is 0.909 bits per heavy atom. The molecule has 3 fully saturated rings. The van der Waals surface area contributed by atoms with Gasteiger partial charge in [0.1, 0.15) is 66.1 Å². The molecule has 236 valence electrons. The van der Waals surface area contributed by atoms with Crippen LogP contribution >= 0.6 is 25.8 Å². The van der Waals surface area contributed by atoms with Gasteiger partial charge in [-0.2, -0.15) is 0 Å². The summed E-state index contributed by atoms with van der Waals surface area (Å²) in [6.45, 7) is -9.60. The molecular formula is C22H25FN8O9P2S2. The second-order valence-corrected chi connectivity index (χ2v) is 15.8. The van der Waals surface area contributed by atoms with E-state index in [4.69, 9.17) is 50.8 Å². The van der Waals surface area contributed by atoms with Crippen LogP contribution in [0, 0.1) is 0 Å². The number of ether oxygens (including phenoxy) is 2. The number of hydrogen-bond donors (Lipinski definition) is 5. The van der Waals surface area contributed by atoms with Crippen molar-refractivity contribution in [1.82, 2.24) is 29.1 Å². The Hall–Kier alpha value is -2.32. The lowest BCUT2D eigenvalue weighted by Crippen LogP contribution is -2.35. The van der Waals surface area contributed by atoms with Crippen molar-refractivity contribution in [2.45, 2.75) is 49.1 Å². The maximum Gasteiger partial charge on any atom is 0.386 e. The Kier molecular flexibility index (Phi) is 7.71. The summed E-state index contributed by atoms with van der Waals surface area (Å²) in [4.78, 5) is 27.4. The van der Waals surface area contributed by atoms with Gasteiger partial charge in [0.05, 0.1) is 24.0 Å². The van der Waals surface area contributed by atoms with Crippen LogP contribution in [0.2, 0.25) is 0 Å². The third-order valence-electron chi connectivity index (χ3n) is 7.52. The predicted molar refractivity (Wildman–Crippen MR) is 157 cm³/mol. The first-order valence-electron chi connectivity index (χ1n) is 13.0. The Labute approximate surface area is 257 Å². The number of alkyl halides is 1. The minimum Gasteiger partial charge on any atom is -0.387 e. The molecule has 3 aliphatic heterocycles. The van der Waals surface area contributed by atoms with E-state index in [9.17, 15) is 14.6 Å². The maximum atomic E-state index is 16.0. The summed E-state index contributed by atoms with van der Waals surface area (Å²) in [6, 6.07) is 3.23. The molecule has 2 bridgehead atoms. The number of halogens is 1. The summed E-state index contributed by atoms with van der Waals surface area (Å²) in [5, 5.41) is 12.1. The molecule has 17 nitrogen and oxygen atoms in total. The molecule has 0 spiro atoms. The van der Waals surface area contributed by atoms with Gasteiger partial charge >= 0.3 is 13.5 Å². The fraction of sp³-hybridized carbons (Fsp3) is 0.455. The van der Waals surface area contributed by atoms with Crippen molar-refractivity contribution in [2.75, 3.05) is 24.7 Å². The standard InChI is InChI=1S/C22H25FN8O9P2S2/c23-13-15-12(38-21(13)30-3-1-9-17(24)26-7-28-19(9)30)6-36-42(34,44)40-16-14(32)11(5-35-41(33,43)39-15)37-22(16)31-4-2-10-18(25)27-8-29-20(10)31/h1-4,7-8,11-16,21-22,32H,5-6H2,(H,33,43)(H,34,44)(H2,24,26,28)(H2,25,27,29)/t11-,12-,13-,14-,15-,16-,21-,22-,41?,42?/m1/s1. The van der Waals surface area contributed by atoms with Gasteiger partial charge in [-0.15, -0.1) is 0 Å². The molecule has 6 N–H and O–H groups in total. The number of anilines is 2. The first-order valence-corrected chi connectivity index (χ1v) is 18.3. The van der Waals surface area contributed by atoms with Gasteiger partial charge < -0.3 is 44.6 Å². The smallest absolute Gasteiger partial charge is 0.386 e. The van der Waals surface area contributed by atoms with Crippen LogP contribution in [0.3, 0.4) is 0 Å². The summed E-state index contributed by atoms with van der Waals surface area (Å²) in [5.74, 6) is 0.381. The molecule has 7 rings (SSSR count). The fourth-order valence-corrected chi connectivity index (χ4v) is 8.36.